The molecule has 4 nitrogen and oxygen atoms in total. The van der Waals surface area contributed by atoms with E-state index in [2.05, 4.69) is 29.6 Å². The van der Waals surface area contributed by atoms with Crippen molar-refractivity contribution in [2.75, 3.05) is 19.0 Å². The van der Waals surface area contributed by atoms with Crippen LogP contribution in [0, 0.1) is 0 Å². The van der Waals surface area contributed by atoms with Crippen LogP contribution in [0.2, 0.25) is 0 Å². The third-order valence-corrected chi connectivity index (χ3v) is 4.98. The molecular weight excluding hydrogens is 336 g/mol. The number of methoxy groups -OCH3 is 1. The van der Waals surface area contributed by atoms with E-state index in [9.17, 15) is 4.79 Å². The van der Waals surface area contributed by atoms with Gasteiger partial charge in [0, 0.05) is 12.2 Å². The van der Waals surface area contributed by atoms with Crippen molar-refractivity contribution in [3.8, 4) is 5.75 Å². The van der Waals surface area contributed by atoms with Crippen molar-refractivity contribution in [1.29, 1.82) is 0 Å². The van der Waals surface area contributed by atoms with E-state index in [1.807, 2.05) is 59.5 Å². The van der Waals surface area contributed by atoms with Gasteiger partial charge in [0.15, 0.2) is 0 Å². The van der Waals surface area contributed by atoms with E-state index in [1.54, 1.807) is 7.11 Å². The molecule has 0 bridgehead atoms. The molecule has 0 aliphatic carbocycles. The third kappa shape index (κ3) is 3.51. The van der Waals surface area contributed by atoms with Gasteiger partial charge in [0.25, 0.3) is 0 Å². The van der Waals surface area contributed by atoms with Gasteiger partial charge in [0.2, 0.25) is 0 Å². The maximum absolute atomic E-state index is 13.1. The summed E-state index contributed by atoms with van der Waals surface area (Å²) in [7, 11) is 1.67. The monoisotopic (exact) mass is 358 g/mol. The molecule has 0 fully saturated rings. The highest BCUT2D eigenvalue weighted by atomic mass is 16.5. The van der Waals surface area contributed by atoms with Gasteiger partial charge in [-0.1, -0.05) is 54.6 Å². The number of anilines is 1. The number of benzene rings is 3. The van der Waals surface area contributed by atoms with E-state index in [0.717, 1.165) is 29.0 Å². The molecule has 1 aliphatic heterocycles. The van der Waals surface area contributed by atoms with Gasteiger partial charge in [-0.15, -0.1) is 0 Å². The van der Waals surface area contributed by atoms with Gasteiger partial charge in [-0.2, -0.15) is 0 Å². The molecule has 0 saturated heterocycles. The Morgan fingerprint density at radius 1 is 1.00 bits per heavy atom. The SMILES string of the molecule is COc1ccc2c(c1)C(c1ccccc1)N(C(=O)Nc1ccccc1)CC2. The Hall–Kier alpha value is -3.27. The lowest BCUT2D eigenvalue weighted by molar-refractivity contribution is 0.194. The van der Waals surface area contributed by atoms with Gasteiger partial charge >= 0.3 is 6.03 Å². The lowest BCUT2D eigenvalue weighted by Crippen LogP contribution is -2.43. The van der Waals surface area contributed by atoms with E-state index in [4.69, 9.17) is 4.74 Å². The summed E-state index contributed by atoms with van der Waals surface area (Å²) in [4.78, 5) is 15.0. The predicted octanol–water partition coefficient (Wildman–Crippen LogP) is 4.87. The number of nitrogens with zero attached hydrogens (tertiary/aromatic N) is 1. The van der Waals surface area contributed by atoms with Crippen LogP contribution >= 0.6 is 0 Å². The fourth-order valence-electron chi connectivity index (χ4n) is 3.65. The number of rotatable bonds is 3. The van der Waals surface area contributed by atoms with Crippen LogP contribution in [0.1, 0.15) is 22.7 Å². The summed E-state index contributed by atoms with van der Waals surface area (Å²) in [5.41, 5.74) is 4.27. The highest BCUT2D eigenvalue weighted by molar-refractivity contribution is 5.90. The summed E-state index contributed by atoms with van der Waals surface area (Å²) >= 11 is 0. The minimum absolute atomic E-state index is 0.0940. The molecule has 1 N–H and O–H groups in total. The zero-order valence-corrected chi connectivity index (χ0v) is 15.3. The Morgan fingerprint density at radius 2 is 1.70 bits per heavy atom. The van der Waals surface area contributed by atoms with Gasteiger partial charge in [-0.05, 0) is 47.4 Å². The van der Waals surface area contributed by atoms with Crippen molar-refractivity contribution in [3.05, 3.63) is 95.6 Å². The second-order valence-electron chi connectivity index (χ2n) is 6.62. The molecule has 27 heavy (non-hydrogen) atoms. The summed E-state index contributed by atoms with van der Waals surface area (Å²) in [5.74, 6) is 0.806. The number of hydrogen-bond donors (Lipinski definition) is 1. The van der Waals surface area contributed by atoms with Gasteiger partial charge in [0.1, 0.15) is 5.75 Å². The van der Waals surface area contributed by atoms with Crippen LogP contribution < -0.4 is 10.1 Å². The first kappa shape index (κ1) is 17.2. The van der Waals surface area contributed by atoms with E-state index >= 15 is 0 Å². The number of urea groups is 1. The topological polar surface area (TPSA) is 41.6 Å². The summed E-state index contributed by atoms with van der Waals surface area (Å²) in [6.45, 7) is 0.664. The van der Waals surface area contributed by atoms with Crippen LogP contribution in [-0.4, -0.2) is 24.6 Å². The number of ether oxygens (including phenoxy) is 1. The van der Waals surface area contributed by atoms with E-state index < -0.39 is 0 Å². The van der Waals surface area contributed by atoms with Crippen LogP contribution in [0.15, 0.2) is 78.9 Å². The molecule has 1 unspecified atom stereocenters. The predicted molar refractivity (Wildman–Crippen MR) is 107 cm³/mol. The number of amides is 2. The van der Waals surface area contributed by atoms with Crippen molar-refractivity contribution < 1.29 is 9.53 Å². The van der Waals surface area contributed by atoms with Gasteiger partial charge < -0.3 is 15.0 Å². The maximum atomic E-state index is 13.1. The van der Waals surface area contributed by atoms with E-state index in [0.29, 0.717) is 6.54 Å². The van der Waals surface area contributed by atoms with Crippen LogP contribution in [0.4, 0.5) is 10.5 Å². The first-order chi connectivity index (χ1) is 13.3. The summed E-state index contributed by atoms with van der Waals surface area (Å²) in [5, 5.41) is 3.03. The Kier molecular flexibility index (Phi) is 4.79. The van der Waals surface area contributed by atoms with E-state index in [-0.39, 0.29) is 12.1 Å². The normalized spacial score (nSPS) is 15.7. The number of carbonyl (C=O) groups excluding carboxylic acids is 1. The van der Waals surface area contributed by atoms with Crippen LogP contribution in [-0.2, 0) is 6.42 Å². The molecule has 3 aromatic rings. The molecule has 136 valence electrons. The van der Waals surface area contributed by atoms with Crippen molar-refractivity contribution in [2.24, 2.45) is 0 Å². The lowest BCUT2D eigenvalue weighted by atomic mass is 9.88. The summed E-state index contributed by atoms with van der Waals surface area (Å²) < 4.78 is 5.44. The summed E-state index contributed by atoms with van der Waals surface area (Å²) in [6, 6.07) is 25.6. The largest absolute Gasteiger partial charge is 0.497 e. The number of hydrogen-bond acceptors (Lipinski definition) is 2. The fraction of sp³-hybridized carbons (Fsp3) is 0.174. The summed E-state index contributed by atoms with van der Waals surface area (Å²) in [6.07, 6.45) is 0.824. The molecule has 3 aromatic carbocycles. The second-order valence-corrected chi connectivity index (χ2v) is 6.62. The van der Waals surface area contributed by atoms with Crippen LogP contribution in [0.3, 0.4) is 0 Å². The smallest absolute Gasteiger partial charge is 0.322 e. The Labute approximate surface area is 159 Å². The molecule has 0 saturated carbocycles. The van der Waals surface area contributed by atoms with Crippen LogP contribution in [0.25, 0.3) is 0 Å². The highest BCUT2D eigenvalue weighted by Crippen LogP contribution is 2.37. The van der Waals surface area contributed by atoms with Gasteiger partial charge in [0.05, 0.1) is 13.2 Å². The van der Waals surface area contributed by atoms with Crippen molar-refractivity contribution in [2.45, 2.75) is 12.5 Å². The molecule has 0 spiro atoms. The minimum atomic E-state index is -0.145. The average Bonchev–Trinajstić information content (AvgIpc) is 2.73. The van der Waals surface area contributed by atoms with Crippen LogP contribution in [0.5, 0.6) is 5.75 Å². The highest BCUT2D eigenvalue weighted by Gasteiger charge is 2.32. The molecule has 2 amide bonds. The van der Waals surface area contributed by atoms with Crippen molar-refractivity contribution in [3.63, 3.8) is 0 Å². The molecule has 1 heterocycles. The zero-order valence-electron chi connectivity index (χ0n) is 15.3. The Bertz CT molecular complexity index is 926. The Morgan fingerprint density at radius 3 is 2.41 bits per heavy atom. The first-order valence-electron chi connectivity index (χ1n) is 9.10. The zero-order chi connectivity index (χ0) is 18.6. The van der Waals surface area contributed by atoms with E-state index in [1.165, 1.54) is 5.56 Å². The lowest BCUT2D eigenvalue weighted by Gasteiger charge is -2.38. The standard InChI is InChI=1S/C23H22N2O2/c1-27-20-13-12-17-14-15-25(23(26)24-19-10-6-3-7-11-19)22(21(17)16-20)18-8-4-2-5-9-18/h2-13,16,22H,14-15H2,1H3,(H,24,26). The van der Waals surface area contributed by atoms with Gasteiger partial charge in [-0.25, -0.2) is 4.79 Å². The number of para-hydroxylation sites is 1. The van der Waals surface area contributed by atoms with Gasteiger partial charge in [-0.3, -0.25) is 0 Å². The average molecular weight is 358 g/mol. The molecule has 4 rings (SSSR count). The number of fused-ring (bicyclic) bond motifs is 1. The quantitative estimate of drug-likeness (QED) is 0.725. The second kappa shape index (κ2) is 7.54. The number of carbonyl (C=O) groups is 1. The molecular formula is C23H22N2O2. The maximum Gasteiger partial charge on any atom is 0.322 e. The number of nitrogens with one attached hydrogen (secondary N) is 1. The molecule has 0 aromatic heterocycles. The fourth-order valence-corrected chi connectivity index (χ4v) is 3.65. The molecule has 1 atom stereocenters. The molecule has 4 heteroatoms. The van der Waals surface area contributed by atoms with Crippen molar-refractivity contribution in [1.82, 2.24) is 4.90 Å². The molecule has 0 radical (unpaired) electrons. The first-order valence-corrected chi connectivity index (χ1v) is 9.10. The Balaban J connectivity index is 1.73. The van der Waals surface area contributed by atoms with Crippen molar-refractivity contribution >= 4 is 11.7 Å². The third-order valence-electron chi connectivity index (χ3n) is 4.98. The minimum Gasteiger partial charge on any atom is -0.497 e. The molecule has 1 aliphatic rings.